The zero-order chi connectivity index (χ0) is 12.6. The quantitative estimate of drug-likeness (QED) is 0.748. The predicted octanol–water partition coefficient (Wildman–Crippen LogP) is 0.958. The molecule has 0 unspecified atom stereocenters. The first-order valence-corrected chi connectivity index (χ1v) is 8.81. The molecule has 1 aliphatic carbocycles. The maximum atomic E-state index is 12.1. The van der Waals surface area contributed by atoms with Gasteiger partial charge in [0.15, 0.2) is 0 Å². The predicted molar refractivity (Wildman–Crippen MR) is 71.5 cm³/mol. The molecule has 3 rings (SSSR count). The average Bonchev–Trinajstić information content (AvgIpc) is 2.97. The lowest BCUT2D eigenvalue weighted by Crippen LogP contribution is -2.35. The second-order valence-electron chi connectivity index (χ2n) is 5.91. The van der Waals surface area contributed by atoms with Crippen molar-refractivity contribution in [3.05, 3.63) is 6.42 Å². The van der Waals surface area contributed by atoms with E-state index in [1.807, 2.05) is 0 Å². The van der Waals surface area contributed by atoms with Crippen LogP contribution in [-0.2, 0) is 10.0 Å². The summed E-state index contributed by atoms with van der Waals surface area (Å²) in [5, 5.41) is 0. The van der Waals surface area contributed by atoms with Gasteiger partial charge < -0.3 is 4.90 Å². The second kappa shape index (κ2) is 5.10. The summed E-state index contributed by atoms with van der Waals surface area (Å²) in [6.07, 6.45) is 6.94. The SMILES string of the molecule is O=S(=O)(CCCN1CCCCC1)N1C[C@H]2[CH][C@H]2C1. The Kier molecular flexibility index (Phi) is 3.65. The van der Waals surface area contributed by atoms with Crippen LogP contribution >= 0.6 is 0 Å². The largest absolute Gasteiger partial charge is 0.303 e. The lowest BCUT2D eigenvalue weighted by atomic mass is 10.1. The fourth-order valence-corrected chi connectivity index (χ4v) is 4.75. The fraction of sp³-hybridized carbons (Fsp3) is 0.923. The van der Waals surface area contributed by atoms with E-state index in [0.717, 1.165) is 39.1 Å². The van der Waals surface area contributed by atoms with E-state index in [2.05, 4.69) is 11.3 Å². The van der Waals surface area contributed by atoms with Crippen molar-refractivity contribution >= 4 is 10.0 Å². The van der Waals surface area contributed by atoms with Crippen LogP contribution in [-0.4, -0.2) is 56.1 Å². The van der Waals surface area contributed by atoms with Crippen LogP contribution in [0.3, 0.4) is 0 Å². The van der Waals surface area contributed by atoms with E-state index in [1.54, 1.807) is 4.31 Å². The van der Waals surface area contributed by atoms with E-state index >= 15 is 0 Å². The number of likely N-dealkylation sites (tertiary alicyclic amines) is 1. The third kappa shape index (κ3) is 2.89. The summed E-state index contributed by atoms with van der Waals surface area (Å²) in [6.45, 7) is 4.76. The van der Waals surface area contributed by atoms with Gasteiger partial charge in [-0.15, -0.1) is 0 Å². The molecule has 0 amide bonds. The van der Waals surface area contributed by atoms with Gasteiger partial charge >= 0.3 is 0 Å². The summed E-state index contributed by atoms with van der Waals surface area (Å²) >= 11 is 0. The van der Waals surface area contributed by atoms with Crippen molar-refractivity contribution in [3.8, 4) is 0 Å². The van der Waals surface area contributed by atoms with Crippen LogP contribution in [0.2, 0.25) is 0 Å². The highest BCUT2D eigenvalue weighted by Crippen LogP contribution is 2.44. The van der Waals surface area contributed by atoms with Gasteiger partial charge in [0.2, 0.25) is 10.0 Å². The van der Waals surface area contributed by atoms with Crippen LogP contribution in [0.1, 0.15) is 25.7 Å². The molecule has 2 saturated heterocycles. The number of nitrogens with zero attached hydrogens (tertiary/aromatic N) is 2. The molecular weight excluding hydrogens is 248 g/mol. The summed E-state index contributed by atoms with van der Waals surface area (Å²) in [5.41, 5.74) is 0. The molecule has 2 heterocycles. The highest BCUT2D eigenvalue weighted by Gasteiger charge is 2.48. The molecule has 5 heteroatoms. The smallest absolute Gasteiger partial charge is 0.214 e. The number of sulfonamides is 1. The summed E-state index contributed by atoms with van der Waals surface area (Å²) in [5.74, 6) is 1.48. The Balaban J connectivity index is 1.41. The van der Waals surface area contributed by atoms with Crippen LogP contribution in [0.4, 0.5) is 0 Å². The Hall–Kier alpha value is -0.130. The second-order valence-corrected chi connectivity index (χ2v) is 8.00. The highest BCUT2D eigenvalue weighted by atomic mass is 32.2. The first kappa shape index (κ1) is 12.9. The van der Waals surface area contributed by atoms with Crippen LogP contribution in [0.25, 0.3) is 0 Å². The van der Waals surface area contributed by atoms with E-state index in [0.29, 0.717) is 17.6 Å². The molecule has 4 nitrogen and oxygen atoms in total. The van der Waals surface area contributed by atoms with E-state index in [-0.39, 0.29) is 0 Å². The van der Waals surface area contributed by atoms with Crippen molar-refractivity contribution in [2.45, 2.75) is 25.7 Å². The summed E-state index contributed by atoms with van der Waals surface area (Å²) < 4.78 is 26.0. The fourth-order valence-electron chi connectivity index (χ4n) is 3.20. The van der Waals surface area contributed by atoms with E-state index in [9.17, 15) is 8.42 Å². The molecule has 3 fully saturated rings. The number of rotatable bonds is 5. The molecule has 103 valence electrons. The minimum Gasteiger partial charge on any atom is -0.303 e. The van der Waals surface area contributed by atoms with Gasteiger partial charge in [0.1, 0.15) is 0 Å². The van der Waals surface area contributed by atoms with Crippen LogP contribution in [0, 0.1) is 18.3 Å². The van der Waals surface area contributed by atoms with Gasteiger partial charge in [0.25, 0.3) is 0 Å². The number of hydrogen-bond donors (Lipinski definition) is 0. The average molecular weight is 271 g/mol. The lowest BCUT2D eigenvalue weighted by Gasteiger charge is -2.26. The molecule has 0 spiro atoms. The Bertz CT molecular complexity index is 380. The van der Waals surface area contributed by atoms with E-state index < -0.39 is 10.0 Å². The van der Waals surface area contributed by atoms with E-state index in [4.69, 9.17) is 0 Å². The Morgan fingerprint density at radius 3 is 2.39 bits per heavy atom. The summed E-state index contributed by atoms with van der Waals surface area (Å²) in [4.78, 5) is 2.41. The first-order valence-electron chi connectivity index (χ1n) is 7.20. The maximum absolute atomic E-state index is 12.1. The van der Waals surface area contributed by atoms with Crippen molar-refractivity contribution in [3.63, 3.8) is 0 Å². The molecule has 0 N–H and O–H groups in total. The Morgan fingerprint density at radius 1 is 1.06 bits per heavy atom. The monoisotopic (exact) mass is 271 g/mol. The van der Waals surface area contributed by atoms with Crippen LogP contribution < -0.4 is 0 Å². The topological polar surface area (TPSA) is 40.6 Å². The Morgan fingerprint density at radius 2 is 1.72 bits per heavy atom. The third-order valence-corrected chi connectivity index (χ3v) is 6.34. The maximum Gasteiger partial charge on any atom is 0.214 e. The molecule has 0 aromatic carbocycles. The van der Waals surface area contributed by atoms with Gasteiger partial charge in [0.05, 0.1) is 5.75 Å². The van der Waals surface area contributed by atoms with Crippen molar-refractivity contribution in [1.29, 1.82) is 0 Å². The molecule has 18 heavy (non-hydrogen) atoms. The zero-order valence-electron chi connectivity index (χ0n) is 10.9. The van der Waals surface area contributed by atoms with Crippen LogP contribution in [0.5, 0.6) is 0 Å². The van der Waals surface area contributed by atoms with Crippen molar-refractivity contribution in [2.24, 2.45) is 11.8 Å². The number of hydrogen-bond acceptors (Lipinski definition) is 3. The number of fused-ring (bicyclic) bond motifs is 1. The van der Waals surface area contributed by atoms with Gasteiger partial charge in [0, 0.05) is 13.1 Å². The molecule has 2 aliphatic heterocycles. The van der Waals surface area contributed by atoms with Gasteiger partial charge in [-0.2, -0.15) is 0 Å². The molecule has 1 radical (unpaired) electrons. The Labute approximate surface area is 110 Å². The van der Waals surface area contributed by atoms with Crippen molar-refractivity contribution in [2.75, 3.05) is 38.5 Å². The molecule has 1 saturated carbocycles. The van der Waals surface area contributed by atoms with Crippen molar-refractivity contribution < 1.29 is 8.42 Å². The van der Waals surface area contributed by atoms with E-state index in [1.165, 1.54) is 19.3 Å². The third-order valence-electron chi connectivity index (χ3n) is 4.45. The van der Waals surface area contributed by atoms with Crippen LogP contribution in [0.15, 0.2) is 0 Å². The molecular formula is C13H23N2O2S. The van der Waals surface area contributed by atoms with Gasteiger partial charge in [-0.3, -0.25) is 0 Å². The molecule has 3 aliphatic rings. The first-order chi connectivity index (χ1) is 8.65. The zero-order valence-corrected chi connectivity index (χ0v) is 11.7. The minimum atomic E-state index is -2.98. The summed E-state index contributed by atoms with van der Waals surface area (Å²) in [7, 11) is -2.98. The normalized spacial score (nSPS) is 33.6. The van der Waals surface area contributed by atoms with Gasteiger partial charge in [-0.25, -0.2) is 12.7 Å². The standard InChI is InChI=1S/C13H23N2O2S/c16-18(17,15-10-12-9-13(12)11-15)8-4-7-14-5-2-1-3-6-14/h9,12-13H,1-8,10-11H2/t12-,13+. The molecule has 0 bridgehead atoms. The number of piperidine rings is 2. The highest BCUT2D eigenvalue weighted by molar-refractivity contribution is 7.89. The summed E-state index contributed by atoms with van der Waals surface area (Å²) in [6, 6.07) is 0. The molecule has 2 atom stereocenters. The lowest BCUT2D eigenvalue weighted by molar-refractivity contribution is 0.229. The molecule has 0 aromatic heterocycles. The minimum absolute atomic E-state index is 0.336. The molecule has 0 aromatic rings. The van der Waals surface area contributed by atoms with Gasteiger partial charge in [-0.05, 0) is 57.2 Å². The van der Waals surface area contributed by atoms with Crippen molar-refractivity contribution in [1.82, 2.24) is 9.21 Å². The van der Waals surface area contributed by atoms with Gasteiger partial charge in [-0.1, -0.05) is 6.42 Å².